The molecule has 2 unspecified atom stereocenters. The standard InChI is InChI=1S/C16H25NO2S/c1-5-17-15(13-9-7-6-8-10-13)16(12(2)3)20-11-14(18)19-4/h6-10,12,15-17H,5,11H2,1-4H3. The van der Waals surface area contributed by atoms with Crippen LogP contribution in [0.4, 0.5) is 0 Å². The third-order valence-corrected chi connectivity index (χ3v) is 4.79. The summed E-state index contributed by atoms with van der Waals surface area (Å²) in [6.07, 6.45) is 0. The molecule has 2 atom stereocenters. The Morgan fingerprint density at radius 1 is 1.30 bits per heavy atom. The van der Waals surface area contributed by atoms with Gasteiger partial charge in [-0.05, 0) is 18.0 Å². The van der Waals surface area contributed by atoms with E-state index in [0.717, 1.165) is 6.54 Å². The fraction of sp³-hybridized carbons (Fsp3) is 0.562. The van der Waals surface area contributed by atoms with E-state index >= 15 is 0 Å². The highest BCUT2D eigenvalue weighted by Crippen LogP contribution is 2.32. The number of nitrogens with one attached hydrogen (secondary N) is 1. The second kappa shape index (κ2) is 9.03. The van der Waals surface area contributed by atoms with Crippen molar-refractivity contribution in [2.24, 2.45) is 5.92 Å². The average molecular weight is 295 g/mol. The van der Waals surface area contributed by atoms with Crippen LogP contribution in [-0.2, 0) is 9.53 Å². The maximum atomic E-state index is 11.4. The summed E-state index contributed by atoms with van der Waals surface area (Å²) in [6, 6.07) is 10.7. The van der Waals surface area contributed by atoms with Crippen molar-refractivity contribution in [2.45, 2.75) is 32.1 Å². The summed E-state index contributed by atoms with van der Waals surface area (Å²) in [5, 5.41) is 3.88. The molecule has 0 fully saturated rings. The van der Waals surface area contributed by atoms with Crippen molar-refractivity contribution in [1.82, 2.24) is 5.32 Å². The highest BCUT2D eigenvalue weighted by Gasteiger charge is 2.26. The zero-order valence-electron chi connectivity index (χ0n) is 12.8. The van der Waals surface area contributed by atoms with Crippen molar-refractivity contribution in [3.8, 4) is 0 Å². The number of thioether (sulfide) groups is 1. The van der Waals surface area contributed by atoms with E-state index < -0.39 is 0 Å². The number of carbonyl (C=O) groups excluding carboxylic acids is 1. The SMILES string of the molecule is CCNC(c1ccccc1)C(SCC(=O)OC)C(C)C. The van der Waals surface area contributed by atoms with Gasteiger partial charge in [-0.15, -0.1) is 11.8 Å². The molecule has 0 bridgehead atoms. The number of hydrogen-bond donors (Lipinski definition) is 1. The number of esters is 1. The third-order valence-electron chi connectivity index (χ3n) is 3.19. The Morgan fingerprint density at radius 2 is 1.95 bits per heavy atom. The van der Waals surface area contributed by atoms with E-state index in [1.807, 2.05) is 6.07 Å². The summed E-state index contributed by atoms with van der Waals surface area (Å²) in [7, 11) is 1.44. The fourth-order valence-electron chi connectivity index (χ4n) is 2.20. The van der Waals surface area contributed by atoms with Crippen LogP contribution in [-0.4, -0.2) is 30.6 Å². The molecular formula is C16H25NO2S. The van der Waals surface area contributed by atoms with Gasteiger partial charge in [-0.25, -0.2) is 0 Å². The minimum absolute atomic E-state index is 0.163. The van der Waals surface area contributed by atoms with Crippen molar-refractivity contribution < 1.29 is 9.53 Å². The quantitative estimate of drug-likeness (QED) is 0.747. The number of ether oxygens (including phenoxy) is 1. The molecule has 112 valence electrons. The molecule has 1 rings (SSSR count). The highest BCUT2D eigenvalue weighted by atomic mass is 32.2. The summed E-state index contributed by atoms with van der Waals surface area (Å²) in [5.74, 6) is 0.700. The summed E-state index contributed by atoms with van der Waals surface area (Å²) < 4.78 is 4.75. The molecule has 0 aromatic heterocycles. The number of rotatable bonds is 8. The first-order valence-electron chi connectivity index (χ1n) is 7.06. The van der Waals surface area contributed by atoms with Gasteiger partial charge in [0.05, 0.1) is 12.9 Å². The first-order chi connectivity index (χ1) is 9.60. The molecule has 0 aliphatic carbocycles. The smallest absolute Gasteiger partial charge is 0.315 e. The molecule has 0 radical (unpaired) electrons. The molecule has 3 nitrogen and oxygen atoms in total. The lowest BCUT2D eigenvalue weighted by Gasteiger charge is -2.30. The van der Waals surface area contributed by atoms with Crippen LogP contribution in [0.1, 0.15) is 32.4 Å². The molecular weight excluding hydrogens is 270 g/mol. The molecule has 0 spiro atoms. The van der Waals surface area contributed by atoms with E-state index in [9.17, 15) is 4.79 Å². The molecule has 1 aromatic rings. The van der Waals surface area contributed by atoms with Crippen molar-refractivity contribution in [3.05, 3.63) is 35.9 Å². The lowest BCUT2D eigenvalue weighted by molar-refractivity contribution is -0.137. The van der Waals surface area contributed by atoms with E-state index in [4.69, 9.17) is 4.74 Å². The predicted octanol–water partition coefficient (Wildman–Crippen LogP) is 3.27. The molecule has 4 heteroatoms. The normalized spacial score (nSPS) is 14.1. The van der Waals surface area contributed by atoms with Gasteiger partial charge < -0.3 is 10.1 Å². The van der Waals surface area contributed by atoms with Gasteiger partial charge in [-0.1, -0.05) is 51.1 Å². The molecule has 0 saturated carbocycles. The largest absolute Gasteiger partial charge is 0.468 e. The maximum absolute atomic E-state index is 11.4. The van der Waals surface area contributed by atoms with E-state index in [-0.39, 0.29) is 12.0 Å². The molecule has 0 saturated heterocycles. The molecule has 0 heterocycles. The monoisotopic (exact) mass is 295 g/mol. The highest BCUT2D eigenvalue weighted by molar-refractivity contribution is 8.00. The average Bonchev–Trinajstić information content (AvgIpc) is 2.46. The van der Waals surface area contributed by atoms with Gasteiger partial charge in [0, 0.05) is 11.3 Å². The van der Waals surface area contributed by atoms with E-state index in [1.54, 1.807) is 11.8 Å². The van der Waals surface area contributed by atoms with Gasteiger partial charge >= 0.3 is 5.97 Å². The van der Waals surface area contributed by atoms with Crippen LogP contribution < -0.4 is 5.32 Å². The van der Waals surface area contributed by atoms with Crippen LogP contribution >= 0.6 is 11.8 Å². The minimum atomic E-state index is -0.163. The van der Waals surface area contributed by atoms with Gasteiger partial charge in [-0.3, -0.25) is 4.79 Å². The maximum Gasteiger partial charge on any atom is 0.315 e. The predicted molar refractivity (Wildman–Crippen MR) is 86.0 cm³/mol. The lowest BCUT2D eigenvalue weighted by atomic mass is 9.96. The molecule has 0 amide bonds. The summed E-state index contributed by atoms with van der Waals surface area (Å²) in [6.45, 7) is 7.41. The van der Waals surface area contributed by atoms with E-state index in [1.165, 1.54) is 12.7 Å². The second-order valence-corrected chi connectivity index (χ2v) is 6.21. The number of benzene rings is 1. The summed E-state index contributed by atoms with van der Waals surface area (Å²) in [5.41, 5.74) is 1.27. The third kappa shape index (κ3) is 5.17. The van der Waals surface area contributed by atoms with Crippen LogP contribution in [0, 0.1) is 5.92 Å². The Labute approximate surface area is 126 Å². The number of methoxy groups -OCH3 is 1. The minimum Gasteiger partial charge on any atom is -0.468 e. The van der Waals surface area contributed by atoms with Gasteiger partial charge in [-0.2, -0.15) is 0 Å². The fourth-order valence-corrected chi connectivity index (χ4v) is 3.48. The molecule has 0 aliphatic heterocycles. The first-order valence-corrected chi connectivity index (χ1v) is 8.11. The van der Waals surface area contributed by atoms with Crippen LogP contribution in [0.3, 0.4) is 0 Å². The van der Waals surface area contributed by atoms with Gasteiger partial charge in [0.2, 0.25) is 0 Å². The van der Waals surface area contributed by atoms with Gasteiger partial charge in [0.25, 0.3) is 0 Å². The number of hydrogen-bond acceptors (Lipinski definition) is 4. The van der Waals surface area contributed by atoms with Gasteiger partial charge in [0.15, 0.2) is 0 Å². The van der Waals surface area contributed by atoms with Crippen LogP contribution in [0.5, 0.6) is 0 Å². The zero-order chi connectivity index (χ0) is 15.0. The molecule has 0 aliphatic rings. The lowest BCUT2D eigenvalue weighted by Crippen LogP contribution is -2.34. The Bertz CT molecular complexity index is 395. The Balaban J connectivity index is 2.86. The van der Waals surface area contributed by atoms with Crippen molar-refractivity contribution in [1.29, 1.82) is 0 Å². The summed E-state index contributed by atoms with van der Waals surface area (Å²) >= 11 is 1.67. The van der Waals surface area contributed by atoms with Crippen molar-refractivity contribution in [3.63, 3.8) is 0 Å². The first kappa shape index (κ1) is 17.1. The van der Waals surface area contributed by atoms with Crippen molar-refractivity contribution in [2.75, 3.05) is 19.4 Å². The van der Waals surface area contributed by atoms with E-state index in [0.29, 0.717) is 16.9 Å². The Kier molecular flexibility index (Phi) is 7.70. The Hall–Kier alpha value is -1.00. The number of carbonyl (C=O) groups is 1. The van der Waals surface area contributed by atoms with Crippen molar-refractivity contribution >= 4 is 17.7 Å². The topological polar surface area (TPSA) is 38.3 Å². The van der Waals surface area contributed by atoms with E-state index in [2.05, 4.69) is 50.4 Å². The van der Waals surface area contributed by atoms with Crippen LogP contribution in [0.25, 0.3) is 0 Å². The molecule has 1 N–H and O–H groups in total. The van der Waals surface area contributed by atoms with Crippen LogP contribution in [0.2, 0.25) is 0 Å². The van der Waals surface area contributed by atoms with Crippen LogP contribution in [0.15, 0.2) is 30.3 Å². The second-order valence-electron chi connectivity index (χ2n) is 5.04. The van der Waals surface area contributed by atoms with Gasteiger partial charge in [0.1, 0.15) is 0 Å². The summed E-state index contributed by atoms with van der Waals surface area (Å²) in [4.78, 5) is 11.4. The Morgan fingerprint density at radius 3 is 2.45 bits per heavy atom. The molecule has 1 aromatic carbocycles. The molecule has 20 heavy (non-hydrogen) atoms. The zero-order valence-corrected chi connectivity index (χ0v) is 13.6.